The third kappa shape index (κ3) is 3.09. The molecule has 0 saturated carbocycles. The van der Waals surface area contributed by atoms with Crippen LogP contribution in [0.3, 0.4) is 0 Å². The Morgan fingerprint density at radius 2 is 2.00 bits per heavy atom. The highest BCUT2D eigenvalue weighted by Crippen LogP contribution is 2.23. The summed E-state index contributed by atoms with van der Waals surface area (Å²) in [5, 5.41) is 0. The Hall–Kier alpha value is -1.94. The summed E-state index contributed by atoms with van der Waals surface area (Å²) < 4.78 is 19.0. The van der Waals surface area contributed by atoms with Gasteiger partial charge in [-0.2, -0.15) is 0 Å². The molecule has 4 heteroatoms. The van der Waals surface area contributed by atoms with E-state index in [1.54, 1.807) is 18.2 Å². The fourth-order valence-electron chi connectivity index (χ4n) is 1.98. The molecule has 1 unspecified atom stereocenters. The number of nitrogens with two attached hydrogens (primary N) is 1. The lowest BCUT2D eigenvalue weighted by Crippen LogP contribution is -2.16. The van der Waals surface area contributed by atoms with E-state index in [2.05, 4.69) is 4.98 Å². The predicted octanol–water partition coefficient (Wildman–Crippen LogP) is 2.78. The third-order valence-electron chi connectivity index (χ3n) is 2.99. The van der Waals surface area contributed by atoms with Crippen molar-refractivity contribution in [3.8, 4) is 5.75 Å². The minimum atomic E-state index is -0.354. The third-order valence-corrected chi connectivity index (χ3v) is 2.99. The first-order valence-electron chi connectivity index (χ1n) is 6.12. The largest absolute Gasteiger partial charge is 0.494 e. The van der Waals surface area contributed by atoms with E-state index in [-0.39, 0.29) is 17.6 Å². The highest BCUT2D eigenvalue weighted by molar-refractivity contribution is 5.32. The topological polar surface area (TPSA) is 48.1 Å². The molecule has 1 atom stereocenters. The second-order valence-electron chi connectivity index (χ2n) is 4.45. The molecule has 0 saturated heterocycles. The fraction of sp³-hybridized carbons (Fsp3) is 0.267. The molecule has 2 N–H and O–H groups in total. The van der Waals surface area contributed by atoms with E-state index in [9.17, 15) is 4.39 Å². The van der Waals surface area contributed by atoms with Gasteiger partial charge in [0.05, 0.1) is 18.8 Å². The first-order valence-corrected chi connectivity index (χ1v) is 6.12. The molecule has 0 aliphatic heterocycles. The van der Waals surface area contributed by atoms with Crippen LogP contribution in [-0.4, -0.2) is 12.1 Å². The van der Waals surface area contributed by atoms with Crippen LogP contribution in [0.2, 0.25) is 0 Å². The van der Waals surface area contributed by atoms with Crippen LogP contribution >= 0.6 is 0 Å². The van der Waals surface area contributed by atoms with Gasteiger partial charge in [0.2, 0.25) is 0 Å². The summed E-state index contributed by atoms with van der Waals surface area (Å²) in [7, 11) is 1.45. The smallest absolute Gasteiger partial charge is 0.168 e. The van der Waals surface area contributed by atoms with Crippen molar-refractivity contribution in [1.82, 2.24) is 4.98 Å². The number of benzene rings is 1. The van der Waals surface area contributed by atoms with Gasteiger partial charge in [0, 0.05) is 5.69 Å². The number of hydrogen-bond acceptors (Lipinski definition) is 3. The molecule has 1 heterocycles. The van der Waals surface area contributed by atoms with E-state index in [4.69, 9.17) is 10.5 Å². The summed E-state index contributed by atoms with van der Waals surface area (Å²) in [6.07, 6.45) is 0.388. The molecule has 0 aliphatic carbocycles. The van der Waals surface area contributed by atoms with Gasteiger partial charge in [-0.25, -0.2) is 4.39 Å². The van der Waals surface area contributed by atoms with Crippen LogP contribution in [0, 0.1) is 12.7 Å². The van der Waals surface area contributed by atoms with Crippen molar-refractivity contribution < 1.29 is 9.13 Å². The van der Waals surface area contributed by atoms with Crippen LogP contribution in [-0.2, 0) is 6.42 Å². The molecule has 0 fully saturated rings. The van der Waals surface area contributed by atoms with E-state index < -0.39 is 0 Å². The Morgan fingerprint density at radius 3 is 2.68 bits per heavy atom. The number of aryl methyl sites for hydroxylation is 1. The van der Waals surface area contributed by atoms with Gasteiger partial charge in [-0.05, 0) is 37.1 Å². The monoisotopic (exact) mass is 260 g/mol. The van der Waals surface area contributed by atoms with Gasteiger partial charge in [0.15, 0.2) is 11.6 Å². The van der Waals surface area contributed by atoms with Crippen molar-refractivity contribution in [2.75, 3.05) is 7.11 Å². The number of aromatic nitrogens is 1. The van der Waals surface area contributed by atoms with Gasteiger partial charge >= 0.3 is 0 Å². The lowest BCUT2D eigenvalue weighted by atomic mass is 10.0. The second kappa shape index (κ2) is 5.80. The average molecular weight is 260 g/mol. The first kappa shape index (κ1) is 13.5. The molecule has 0 radical (unpaired) electrons. The van der Waals surface area contributed by atoms with Crippen LogP contribution in [0.1, 0.15) is 23.0 Å². The number of hydrogen-bond donors (Lipinski definition) is 1. The molecule has 1 aromatic heterocycles. The molecule has 2 rings (SSSR count). The standard InChI is InChI=1S/C15H17FN2O/c1-10-5-3-7-13(18-10)12(17)9-11-6-4-8-14(19-2)15(11)16/h3-8,12H,9,17H2,1-2H3. The number of rotatable bonds is 4. The Labute approximate surface area is 112 Å². The lowest BCUT2D eigenvalue weighted by molar-refractivity contribution is 0.383. The first-order chi connectivity index (χ1) is 9.11. The van der Waals surface area contributed by atoms with Gasteiger partial charge in [0.1, 0.15) is 0 Å². The second-order valence-corrected chi connectivity index (χ2v) is 4.45. The molecule has 19 heavy (non-hydrogen) atoms. The molecule has 0 spiro atoms. The minimum Gasteiger partial charge on any atom is -0.494 e. The molecule has 0 aliphatic rings. The van der Waals surface area contributed by atoms with E-state index in [1.165, 1.54) is 7.11 Å². The summed E-state index contributed by atoms with van der Waals surface area (Å²) in [5.41, 5.74) is 8.29. The van der Waals surface area contributed by atoms with E-state index in [0.717, 1.165) is 11.4 Å². The molecule has 2 aromatic rings. The number of ether oxygens (including phenoxy) is 1. The highest BCUT2D eigenvalue weighted by atomic mass is 19.1. The van der Waals surface area contributed by atoms with Crippen molar-refractivity contribution in [3.63, 3.8) is 0 Å². The van der Waals surface area contributed by atoms with Crippen molar-refractivity contribution in [2.24, 2.45) is 5.73 Å². The van der Waals surface area contributed by atoms with E-state index >= 15 is 0 Å². The predicted molar refractivity (Wildman–Crippen MR) is 72.6 cm³/mol. The Morgan fingerprint density at radius 1 is 1.26 bits per heavy atom. The van der Waals surface area contributed by atoms with Gasteiger partial charge in [0.25, 0.3) is 0 Å². The van der Waals surface area contributed by atoms with Crippen LogP contribution in [0.25, 0.3) is 0 Å². The Balaban J connectivity index is 2.21. The molecule has 0 amide bonds. The molecule has 3 nitrogen and oxygen atoms in total. The summed E-state index contributed by atoms with van der Waals surface area (Å²) in [6, 6.07) is 10.4. The van der Waals surface area contributed by atoms with Gasteiger partial charge in [-0.3, -0.25) is 4.98 Å². The zero-order valence-corrected chi connectivity index (χ0v) is 11.1. The average Bonchev–Trinajstić information content (AvgIpc) is 2.41. The van der Waals surface area contributed by atoms with Gasteiger partial charge < -0.3 is 10.5 Å². The van der Waals surface area contributed by atoms with Crippen LogP contribution in [0.5, 0.6) is 5.75 Å². The summed E-state index contributed by atoms with van der Waals surface area (Å²) in [6.45, 7) is 1.91. The number of pyridine rings is 1. The van der Waals surface area contributed by atoms with Crippen LogP contribution < -0.4 is 10.5 Å². The van der Waals surface area contributed by atoms with Crippen LogP contribution in [0.4, 0.5) is 4.39 Å². The maximum Gasteiger partial charge on any atom is 0.168 e. The zero-order valence-electron chi connectivity index (χ0n) is 11.1. The molecule has 0 bridgehead atoms. The SMILES string of the molecule is COc1cccc(CC(N)c2cccc(C)n2)c1F. The Bertz CT molecular complexity index is 572. The molecular weight excluding hydrogens is 243 g/mol. The number of halogens is 1. The quantitative estimate of drug-likeness (QED) is 0.919. The Kier molecular flexibility index (Phi) is 4.12. The summed E-state index contributed by atoms with van der Waals surface area (Å²) >= 11 is 0. The summed E-state index contributed by atoms with van der Waals surface area (Å²) in [5.74, 6) is -0.116. The highest BCUT2D eigenvalue weighted by Gasteiger charge is 2.14. The van der Waals surface area contributed by atoms with Crippen LogP contribution in [0.15, 0.2) is 36.4 Å². The fourth-order valence-corrected chi connectivity index (χ4v) is 1.98. The molecule has 1 aromatic carbocycles. The normalized spacial score (nSPS) is 12.2. The maximum atomic E-state index is 14.0. The lowest BCUT2D eigenvalue weighted by Gasteiger charge is -2.13. The number of nitrogens with zero attached hydrogens (tertiary/aromatic N) is 1. The summed E-state index contributed by atoms with van der Waals surface area (Å²) in [4.78, 5) is 4.36. The van der Waals surface area contributed by atoms with Crippen molar-refractivity contribution in [2.45, 2.75) is 19.4 Å². The number of methoxy groups -OCH3 is 1. The van der Waals surface area contributed by atoms with E-state index in [0.29, 0.717) is 12.0 Å². The van der Waals surface area contributed by atoms with E-state index in [1.807, 2.05) is 25.1 Å². The van der Waals surface area contributed by atoms with Crippen molar-refractivity contribution in [1.29, 1.82) is 0 Å². The van der Waals surface area contributed by atoms with Gasteiger partial charge in [-0.1, -0.05) is 18.2 Å². The maximum absolute atomic E-state index is 14.0. The van der Waals surface area contributed by atoms with Gasteiger partial charge in [-0.15, -0.1) is 0 Å². The minimum absolute atomic E-state index is 0.238. The van der Waals surface area contributed by atoms with Crippen molar-refractivity contribution in [3.05, 3.63) is 59.2 Å². The molecule has 100 valence electrons. The van der Waals surface area contributed by atoms with Crippen molar-refractivity contribution >= 4 is 0 Å². The zero-order chi connectivity index (χ0) is 13.8. The molecular formula is C15H17FN2O.